The SMILES string of the molecule is COc1ccc(S(=O)(=O)NC[C@H](c2cccnc2)N2CCN(c3ccccc3)CC2)cc1C. The van der Waals surface area contributed by atoms with E-state index in [0.29, 0.717) is 5.75 Å². The van der Waals surface area contributed by atoms with Crippen LogP contribution in [0.1, 0.15) is 17.2 Å². The second-order valence-corrected chi connectivity index (χ2v) is 9.91. The zero-order chi connectivity index (χ0) is 23.3. The number of hydrogen-bond acceptors (Lipinski definition) is 6. The summed E-state index contributed by atoms with van der Waals surface area (Å²) in [5, 5.41) is 0. The Labute approximate surface area is 196 Å². The number of nitrogens with one attached hydrogen (secondary N) is 1. The fraction of sp³-hybridized carbons (Fsp3) is 0.320. The lowest BCUT2D eigenvalue weighted by atomic mass is 10.1. The normalized spacial score (nSPS) is 15.9. The largest absolute Gasteiger partial charge is 0.496 e. The van der Waals surface area contributed by atoms with E-state index in [1.165, 1.54) is 5.69 Å². The van der Waals surface area contributed by atoms with Crippen LogP contribution in [0.5, 0.6) is 5.75 Å². The van der Waals surface area contributed by atoms with Crippen LogP contribution in [-0.4, -0.2) is 58.1 Å². The van der Waals surface area contributed by atoms with Crippen molar-refractivity contribution in [1.29, 1.82) is 0 Å². The zero-order valence-electron chi connectivity index (χ0n) is 19.0. The number of benzene rings is 2. The van der Waals surface area contributed by atoms with Crippen molar-refractivity contribution in [3.05, 3.63) is 84.2 Å². The smallest absolute Gasteiger partial charge is 0.240 e. The number of nitrogens with zero attached hydrogens (tertiary/aromatic N) is 3. The van der Waals surface area contributed by atoms with Gasteiger partial charge in [-0.15, -0.1) is 0 Å². The van der Waals surface area contributed by atoms with Crippen molar-refractivity contribution in [2.24, 2.45) is 0 Å². The highest BCUT2D eigenvalue weighted by Gasteiger charge is 2.27. The number of para-hydroxylation sites is 1. The van der Waals surface area contributed by atoms with Crippen molar-refractivity contribution in [2.75, 3.05) is 44.7 Å². The number of aryl methyl sites for hydroxylation is 1. The lowest BCUT2D eigenvalue weighted by molar-refractivity contribution is 0.186. The summed E-state index contributed by atoms with van der Waals surface area (Å²) >= 11 is 0. The van der Waals surface area contributed by atoms with Gasteiger partial charge in [-0.3, -0.25) is 9.88 Å². The molecule has 1 atom stereocenters. The Hall–Kier alpha value is -2.94. The number of methoxy groups -OCH3 is 1. The fourth-order valence-electron chi connectivity index (χ4n) is 4.25. The number of pyridine rings is 1. The third kappa shape index (κ3) is 5.52. The summed E-state index contributed by atoms with van der Waals surface area (Å²) in [4.78, 5) is 9.20. The first-order valence-corrected chi connectivity index (χ1v) is 12.5. The highest BCUT2D eigenvalue weighted by atomic mass is 32.2. The van der Waals surface area contributed by atoms with Crippen LogP contribution in [0.15, 0.2) is 78.0 Å². The van der Waals surface area contributed by atoms with Gasteiger partial charge in [0, 0.05) is 50.8 Å². The fourth-order valence-corrected chi connectivity index (χ4v) is 5.37. The van der Waals surface area contributed by atoms with Crippen LogP contribution in [0.3, 0.4) is 0 Å². The van der Waals surface area contributed by atoms with Gasteiger partial charge in [-0.1, -0.05) is 24.3 Å². The summed E-state index contributed by atoms with van der Waals surface area (Å²) in [7, 11) is -2.09. The topological polar surface area (TPSA) is 74.8 Å². The van der Waals surface area contributed by atoms with Gasteiger partial charge < -0.3 is 9.64 Å². The molecule has 0 saturated carbocycles. The molecule has 0 bridgehead atoms. The van der Waals surface area contributed by atoms with E-state index in [2.05, 4.69) is 43.8 Å². The van der Waals surface area contributed by atoms with Gasteiger partial charge in [0.05, 0.1) is 18.0 Å². The Bertz CT molecular complexity index is 1150. The number of aromatic nitrogens is 1. The van der Waals surface area contributed by atoms with Crippen LogP contribution < -0.4 is 14.4 Å². The molecule has 8 heteroatoms. The highest BCUT2D eigenvalue weighted by molar-refractivity contribution is 7.89. The summed E-state index contributed by atoms with van der Waals surface area (Å²) in [6, 6.07) is 19.1. The summed E-state index contributed by atoms with van der Waals surface area (Å²) in [5.41, 5.74) is 2.99. The van der Waals surface area contributed by atoms with E-state index < -0.39 is 10.0 Å². The van der Waals surface area contributed by atoms with Gasteiger partial charge in [0.2, 0.25) is 10.0 Å². The molecule has 174 valence electrons. The molecule has 0 radical (unpaired) electrons. The van der Waals surface area contributed by atoms with Crippen LogP contribution in [-0.2, 0) is 10.0 Å². The van der Waals surface area contributed by atoms with Crippen LogP contribution in [0.2, 0.25) is 0 Å². The molecule has 2 heterocycles. The number of hydrogen-bond donors (Lipinski definition) is 1. The molecule has 7 nitrogen and oxygen atoms in total. The molecular formula is C25H30N4O3S. The maximum atomic E-state index is 13.0. The molecule has 33 heavy (non-hydrogen) atoms. The van der Waals surface area contributed by atoms with Crippen molar-refractivity contribution in [1.82, 2.24) is 14.6 Å². The maximum absolute atomic E-state index is 13.0. The Kier molecular flexibility index (Phi) is 7.27. The molecule has 1 fully saturated rings. The van der Waals surface area contributed by atoms with Crippen LogP contribution in [0, 0.1) is 6.92 Å². The number of anilines is 1. The zero-order valence-corrected chi connectivity index (χ0v) is 19.8. The summed E-state index contributed by atoms with van der Waals surface area (Å²) < 4.78 is 34.2. The predicted octanol–water partition coefficient (Wildman–Crippen LogP) is 3.24. The lowest BCUT2D eigenvalue weighted by Gasteiger charge is -2.40. The minimum absolute atomic E-state index is 0.106. The van der Waals surface area contributed by atoms with Gasteiger partial charge in [-0.05, 0) is 54.4 Å². The Balaban J connectivity index is 1.48. The van der Waals surface area contributed by atoms with Crippen molar-refractivity contribution in [2.45, 2.75) is 17.9 Å². The third-order valence-corrected chi connectivity index (χ3v) is 7.51. The van der Waals surface area contributed by atoms with Crippen LogP contribution >= 0.6 is 0 Å². The Morgan fingerprint density at radius 2 is 1.79 bits per heavy atom. The molecule has 1 aliphatic rings. The minimum atomic E-state index is -3.67. The molecule has 0 aliphatic carbocycles. The first kappa shape index (κ1) is 23.2. The molecule has 2 aromatic carbocycles. The van der Waals surface area contributed by atoms with Gasteiger partial charge in [-0.2, -0.15) is 0 Å². The minimum Gasteiger partial charge on any atom is -0.496 e. The van der Waals surface area contributed by atoms with Gasteiger partial charge in [0.1, 0.15) is 5.75 Å². The molecule has 0 unspecified atom stereocenters. The second-order valence-electron chi connectivity index (χ2n) is 8.14. The van der Waals surface area contributed by atoms with Crippen molar-refractivity contribution < 1.29 is 13.2 Å². The van der Waals surface area contributed by atoms with E-state index in [9.17, 15) is 8.42 Å². The average Bonchev–Trinajstić information content (AvgIpc) is 2.85. The third-order valence-electron chi connectivity index (χ3n) is 6.09. The summed E-state index contributed by atoms with van der Waals surface area (Å²) in [5.74, 6) is 0.665. The maximum Gasteiger partial charge on any atom is 0.240 e. The first-order valence-electron chi connectivity index (χ1n) is 11.1. The Morgan fingerprint density at radius 3 is 2.42 bits per heavy atom. The molecule has 1 aromatic heterocycles. The highest BCUT2D eigenvalue weighted by Crippen LogP contribution is 2.25. The number of sulfonamides is 1. The number of rotatable bonds is 8. The lowest BCUT2D eigenvalue weighted by Crippen LogP contribution is -2.49. The van der Waals surface area contributed by atoms with Gasteiger partial charge in [0.15, 0.2) is 0 Å². The van der Waals surface area contributed by atoms with E-state index in [4.69, 9.17) is 4.74 Å². The molecule has 1 aliphatic heterocycles. The molecule has 1 saturated heterocycles. The summed E-state index contributed by atoms with van der Waals surface area (Å²) in [6.07, 6.45) is 3.55. The first-order chi connectivity index (χ1) is 16.0. The molecule has 0 spiro atoms. The van der Waals surface area contributed by atoms with Gasteiger partial charge in [-0.25, -0.2) is 13.1 Å². The Morgan fingerprint density at radius 1 is 1.03 bits per heavy atom. The van der Waals surface area contributed by atoms with Crippen molar-refractivity contribution in [3.8, 4) is 5.75 Å². The number of piperazine rings is 1. The number of ether oxygens (including phenoxy) is 1. The van der Waals surface area contributed by atoms with Crippen molar-refractivity contribution >= 4 is 15.7 Å². The summed E-state index contributed by atoms with van der Waals surface area (Å²) in [6.45, 7) is 5.53. The van der Waals surface area contributed by atoms with E-state index in [-0.39, 0.29) is 17.5 Å². The van der Waals surface area contributed by atoms with E-state index >= 15 is 0 Å². The molecule has 1 N–H and O–H groups in total. The quantitative estimate of drug-likeness (QED) is 0.549. The van der Waals surface area contributed by atoms with Crippen LogP contribution in [0.25, 0.3) is 0 Å². The van der Waals surface area contributed by atoms with E-state index in [1.807, 2.05) is 31.3 Å². The van der Waals surface area contributed by atoms with E-state index in [0.717, 1.165) is 37.3 Å². The van der Waals surface area contributed by atoms with Crippen molar-refractivity contribution in [3.63, 3.8) is 0 Å². The van der Waals surface area contributed by atoms with Gasteiger partial charge in [0.25, 0.3) is 0 Å². The van der Waals surface area contributed by atoms with Crippen LogP contribution in [0.4, 0.5) is 5.69 Å². The predicted molar refractivity (Wildman–Crippen MR) is 130 cm³/mol. The molecular weight excluding hydrogens is 436 g/mol. The van der Waals surface area contributed by atoms with Gasteiger partial charge >= 0.3 is 0 Å². The standard InChI is InChI=1S/C25H30N4O3S/c1-20-17-23(10-11-25(20)32-2)33(30,31)27-19-24(21-7-6-12-26-18-21)29-15-13-28(14-16-29)22-8-4-3-5-9-22/h3-12,17-18,24,27H,13-16,19H2,1-2H3/t24-/m1/s1. The second kappa shape index (κ2) is 10.3. The monoisotopic (exact) mass is 466 g/mol. The van der Waals surface area contributed by atoms with E-state index in [1.54, 1.807) is 31.5 Å². The molecule has 3 aromatic rings. The molecule has 0 amide bonds. The average molecular weight is 467 g/mol. The molecule has 4 rings (SSSR count).